The van der Waals surface area contributed by atoms with Crippen LogP contribution in [0.5, 0.6) is 0 Å². The largest absolute Gasteiger partial charge is 0.244 e. The van der Waals surface area contributed by atoms with Crippen molar-refractivity contribution >= 4 is 0 Å². The summed E-state index contributed by atoms with van der Waals surface area (Å²) in [4.78, 5) is 0. The summed E-state index contributed by atoms with van der Waals surface area (Å²) in [5, 5.41) is 0. The molecule has 0 rings (SSSR count). The Kier molecular flexibility index (Phi) is 2.38. The summed E-state index contributed by atoms with van der Waals surface area (Å²) in [7, 11) is 0. The lowest BCUT2D eigenvalue weighted by Crippen LogP contribution is -2.27. The van der Waals surface area contributed by atoms with Gasteiger partial charge < -0.3 is 0 Å². The predicted molar refractivity (Wildman–Crippen MR) is 30.4 cm³/mol. The summed E-state index contributed by atoms with van der Waals surface area (Å²) in [6.07, 6.45) is -1.11. The van der Waals surface area contributed by atoms with Crippen molar-refractivity contribution in [2.75, 3.05) is 0 Å². The molecule has 0 spiro atoms. The number of rotatable bonds is 2. The minimum Gasteiger partial charge on any atom is -0.244 e. The van der Waals surface area contributed by atoms with E-state index in [0.29, 0.717) is 0 Å². The van der Waals surface area contributed by atoms with Crippen molar-refractivity contribution in [3.8, 4) is 0 Å². The highest BCUT2D eigenvalue weighted by Crippen LogP contribution is 2.21. The zero-order chi connectivity index (χ0) is 6.78. The predicted octanol–water partition coefficient (Wildman–Crippen LogP) is 2.48. The molecular formula is C6H12F2. The van der Waals surface area contributed by atoms with Gasteiger partial charge >= 0.3 is 0 Å². The fourth-order valence-electron chi connectivity index (χ4n) is 0.281. The number of hydrogen-bond donors (Lipinski definition) is 0. The van der Waals surface area contributed by atoms with Gasteiger partial charge in [-0.2, -0.15) is 0 Å². The minimum absolute atomic E-state index is 0.241. The Bertz CT molecular complexity index is 66.9. The standard InChI is InChI=1S/C6H12F2/c1-4-6(3,8)5(2)7/h5H,4H2,1-3H3. The molecule has 0 aromatic carbocycles. The molecule has 50 valence electrons. The van der Waals surface area contributed by atoms with Crippen LogP contribution < -0.4 is 0 Å². The molecule has 0 saturated heterocycles. The van der Waals surface area contributed by atoms with Gasteiger partial charge in [0, 0.05) is 0 Å². The molecule has 0 radical (unpaired) electrons. The van der Waals surface area contributed by atoms with Crippen molar-refractivity contribution in [1.29, 1.82) is 0 Å². The van der Waals surface area contributed by atoms with Crippen LogP contribution in [0.3, 0.4) is 0 Å². The lowest BCUT2D eigenvalue weighted by atomic mass is 10.0. The first-order valence-electron chi connectivity index (χ1n) is 2.83. The first kappa shape index (κ1) is 7.86. The average Bonchev–Trinajstić information content (AvgIpc) is 1.67. The second kappa shape index (κ2) is 2.42. The van der Waals surface area contributed by atoms with Gasteiger partial charge in [-0.25, -0.2) is 8.78 Å². The van der Waals surface area contributed by atoms with Crippen molar-refractivity contribution in [1.82, 2.24) is 0 Å². The molecule has 0 aliphatic carbocycles. The molecule has 0 bridgehead atoms. The lowest BCUT2D eigenvalue weighted by molar-refractivity contribution is 0.0750. The lowest BCUT2D eigenvalue weighted by Gasteiger charge is -2.18. The van der Waals surface area contributed by atoms with Gasteiger partial charge in [-0.1, -0.05) is 6.92 Å². The Balaban J connectivity index is 3.71. The van der Waals surface area contributed by atoms with E-state index in [4.69, 9.17) is 0 Å². The summed E-state index contributed by atoms with van der Waals surface area (Å²) >= 11 is 0. The Hall–Kier alpha value is -0.140. The molecule has 2 heteroatoms. The van der Waals surface area contributed by atoms with Gasteiger partial charge in [-0.15, -0.1) is 0 Å². The molecule has 0 aromatic heterocycles. The van der Waals surface area contributed by atoms with Crippen LogP contribution in [0.2, 0.25) is 0 Å². The third-order valence-electron chi connectivity index (χ3n) is 1.52. The zero-order valence-corrected chi connectivity index (χ0v) is 5.54. The van der Waals surface area contributed by atoms with Crippen LogP contribution in [-0.2, 0) is 0 Å². The highest BCUT2D eigenvalue weighted by atomic mass is 19.2. The SMILES string of the molecule is CCC(C)(F)C(C)F. The molecule has 2 atom stereocenters. The quantitative estimate of drug-likeness (QED) is 0.527. The normalized spacial score (nSPS) is 22.1. The Labute approximate surface area is 48.9 Å². The topological polar surface area (TPSA) is 0 Å². The van der Waals surface area contributed by atoms with Crippen molar-refractivity contribution in [2.45, 2.75) is 39.0 Å². The van der Waals surface area contributed by atoms with E-state index in [1.165, 1.54) is 13.8 Å². The molecule has 0 aliphatic rings. The van der Waals surface area contributed by atoms with E-state index < -0.39 is 11.8 Å². The van der Waals surface area contributed by atoms with Crippen LogP contribution in [0.15, 0.2) is 0 Å². The molecule has 0 aromatic rings. The van der Waals surface area contributed by atoms with Gasteiger partial charge in [0.15, 0.2) is 0 Å². The maximum atomic E-state index is 12.6. The maximum absolute atomic E-state index is 12.6. The zero-order valence-electron chi connectivity index (χ0n) is 5.54. The molecule has 0 N–H and O–H groups in total. The Morgan fingerprint density at radius 3 is 2.00 bits per heavy atom. The minimum atomic E-state index is -1.63. The fourth-order valence-corrected chi connectivity index (χ4v) is 0.281. The molecule has 0 amide bonds. The average molecular weight is 122 g/mol. The van der Waals surface area contributed by atoms with E-state index in [9.17, 15) is 8.78 Å². The third-order valence-corrected chi connectivity index (χ3v) is 1.52. The first-order valence-corrected chi connectivity index (χ1v) is 2.83. The molecule has 0 aliphatic heterocycles. The first-order chi connectivity index (χ1) is 3.50. The van der Waals surface area contributed by atoms with Crippen molar-refractivity contribution in [2.24, 2.45) is 0 Å². The van der Waals surface area contributed by atoms with Crippen LogP contribution in [0.1, 0.15) is 27.2 Å². The van der Waals surface area contributed by atoms with Gasteiger partial charge in [0.25, 0.3) is 0 Å². The monoisotopic (exact) mass is 122 g/mol. The molecule has 0 nitrogen and oxygen atoms in total. The molecule has 8 heavy (non-hydrogen) atoms. The summed E-state index contributed by atoms with van der Waals surface area (Å²) in [5.41, 5.74) is -1.63. The van der Waals surface area contributed by atoms with Crippen LogP contribution in [0.25, 0.3) is 0 Å². The molecule has 0 saturated carbocycles. The summed E-state index contributed by atoms with van der Waals surface area (Å²) in [6.45, 7) is 4.15. The molecular weight excluding hydrogens is 110 g/mol. The molecule has 0 heterocycles. The van der Waals surface area contributed by atoms with Gasteiger partial charge in [-0.05, 0) is 20.3 Å². The second-order valence-corrected chi connectivity index (χ2v) is 2.25. The summed E-state index contributed by atoms with van der Waals surface area (Å²) in [6, 6.07) is 0. The summed E-state index contributed by atoms with van der Waals surface area (Å²) in [5.74, 6) is 0. The van der Waals surface area contributed by atoms with E-state index in [0.717, 1.165) is 0 Å². The Morgan fingerprint density at radius 2 is 2.00 bits per heavy atom. The van der Waals surface area contributed by atoms with E-state index >= 15 is 0 Å². The van der Waals surface area contributed by atoms with Gasteiger partial charge in [0.2, 0.25) is 0 Å². The highest BCUT2D eigenvalue weighted by Gasteiger charge is 2.28. The molecule has 2 unspecified atom stereocenters. The van der Waals surface area contributed by atoms with Gasteiger partial charge in [0.05, 0.1) is 0 Å². The number of alkyl halides is 2. The van der Waals surface area contributed by atoms with Crippen molar-refractivity contribution in [3.63, 3.8) is 0 Å². The van der Waals surface area contributed by atoms with E-state index in [-0.39, 0.29) is 6.42 Å². The van der Waals surface area contributed by atoms with Crippen LogP contribution in [0, 0.1) is 0 Å². The van der Waals surface area contributed by atoms with Gasteiger partial charge in [0.1, 0.15) is 11.8 Å². The fraction of sp³-hybridized carbons (Fsp3) is 1.00. The summed E-state index contributed by atoms with van der Waals surface area (Å²) < 4.78 is 24.7. The number of hydrogen-bond acceptors (Lipinski definition) is 0. The van der Waals surface area contributed by atoms with Crippen LogP contribution in [-0.4, -0.2) is 11.8 Å². The van der Waals surface area contributed by atoms with E-state index in [1.54, 1.807) is 6.92 Å². The van der Waals surface area contributed by atoms with Crippen molar-refractivity contribution < 1.29 is 8.78 Å². The maximum Gasteiger partial charge on any atom is 0.138 e. The van der Waals surface area contributed by atoms with Crippen molar-refractivity contribution in [3.05, 3.63) is 0 Å². The third kappa shape index (κ3) is 1.76. The second-order valence-electron chi connectivity index (χ2n) is 2.25. The van der Waals surface area contributed by atoms with Crippen LogP contribution >= 0.6 is 0 Å². The van der Waals surface area contributed by atoms with E-state index in [1.807, 2.05) is 0 Å². The molecule has 0 fully saturated rings. The van der Waals surface area contributed by atoms with Crippen LogP contribution in [0.4, 0.5) is 8.78 Å². The highest BCUT2D eigenvalue weighted by molar-refractivity contribution is 4.76. The van der Waals surface area contributed by atoms with Gasteiger partial charge in [-0.3, -0.25) is 0 Å². The van der Waals surface area contributed by atoms with E-state index in [2.05, 4.69) is 0 Å². The number of halogens is 2. The smallest absolute Gasteiger partial charge is 0.138 e. The Morgan fingerprint density at radius 1 is 1.62 bits per heavy atom.